The average Bonchev–Trinajstić information content (AvgIpc) is 3.07. The van der Waals surface area contributed by atoms with Crippen LogP contribution in [0.5, 0.6) is 0 Å². The summed E-state index contributed by atoms with van der Waals surface area (Å²) in [5.74, 6) is -0.657. The first-order valence-corrected chi connectivity index (χ1v) is 7.90. The highest BCUT2D eigenvalue weighted by Gasteiger charge is 2.17. The normalized spacial score (nSPS) is 14.6. The van der Waals surface area contributed by atoms with Gasteiger partial charge >= 0.3 is 0 Å². The fourth-order valence-corrected chi connectivity index (χ4v) is 2.75. The predicted molar refractivity (Wildman–Crippen MR) is 96.1 cm³/mol. The van der Waals surface area contributed by atoms with Gasteiger partial charge in [0.05, 0.1) is 10.6 Å². The van der Waals surface area contributed by atoms with Gasteiger partial charge in [-0.1, -0.05) is 36.4 Å². The molecule has 0 radical (unpaired) electrons. The lowest BCUT2D eigenvalue weighted by atomic mass is 10.1. The predicted octanol–water partition coefficient (Wildman–Crippen LogP) is 2.97. The van der Waals surface area contributed by atoms with Crippen molar-refractivity contribution in [1.29, 1.82) is 5.26 Å². The van der Waals surface area contributed by atoms with Gasteiger partial charge in [-0.25, -0.2) is 5.43 Å². The van der Waals surface area contributed by atoms with Crippen molar-refractivity contribution in [2.45, 2.75) is 12.8 Å². The molecule has 0 bridgehead atoms. The van der Waals surface area contributed by atoms with Gasteiger partial charge in [-0.05, 0) is 30.0 Å². The minimum absolute atomic E-state index is 0.112. The van der Waals surface area contributed by atoms with Gasteiger partial charge in [0.15, 0.2) is 0 Å². The molecule has 0 unspecified atom stereocenters. The molecule has 0 spiro atoms. The zero-order valence-electron chi connectivity index (χ0n) is 13.7. The zero-order valence-corrected chi connectivity index (χ0v) is 13.7. The van der Waals surface area contributed by atoms with Crippen LogP contribution in [0.4, 0.5) is 5.69 Å². The third-order valence-corrected chi connectivity index (χ3v) is 4.01. The van der Waals surface area contributed by atoms with E-state index in [-0.39, 0.29) is 11.3 Å². The first-order valence-electron chi connectivity index (χ1n) is 7.90. The lowest BCUT2D eigenvalue weighted by molar-refractivity contribution is -0.384. The molecule has 0 fully saturated rings. The Bertz CT molecular complexity index is 986. The Hall–Kier alpha value is -3.79. The number of non-ortho nitro benzene ring substituents is 1. The molecule has 1 amide bonds. The first kappa shape index (κ1) is 17.0. The number of nitrogens with one attached hydrogen (secondary N) is 1. The van der Waals surface area contributed by atoms with Gasteiger partial charge in [0.1, 0.15) is 11.6 Å². The van der Waals surface area contributed by atoms with E-state index in [2.05, 4.69) is 10.5 Å². The molecule has 0 aliphatic heterocycles. The third-order valence-electron chi connectivity index (χ3n) is 4.01. The molecule has 2 aromatic carbocycles. The molecular formula is C19H14N4O3. The van der Waals surface area contributed by atoms with Crippen LogP contribution >= 0.6 is 0 Å². The summed E-state index contributed by atoms with van der Waals surface area (Å²) in [5.41, 5.74) is 5.43. The summed E-state index contributed by atoms with van der Waals surface area (Å²) in [4.78, 5) is 22.5. The van der Waals surface area contributed by atoms with Gasteiger partial charge < -0.3 is 0 Å². The van der Waals surface area contributed by atoms with Crippen molar-refractivity contribution in [1.82, 2.24) is 5.43 Å². The van der Waals surface area contributed by atoms with E-state index < -0.39 is 10.8 Å². The van der Waals surface area contributed by atoms with Crippen LogP contribution in [-0.2, 0) is 11.2 Å². The summed E-state index contributed by atoms with van der Waals surface area (Å²) in [7, 11) is 0. The van der Waals surface area contributed by atoms with E-state index >= 15 is 0 Å². The Balaban J connectivity index is 1.78. The molecule has 7 heteroatoms. The molecule has 2 aromatic rings. The molecule has 0 saturated carbocycles. The fraction of sp³-hybridized carbons (Fsp3) is 0.105. The quantitative estimate of drug-likeness (QED) is 0.397. The van der Waals surface area contributed by atoms with E-state index in [1.54, 1.807) is 12.1 Å². The number of fused-ring (bicyclic) bond motifs is 1. The molecule has 0 aromatic heterocycles. The van der Waals surface area contributed by atoms with Crippen LogP contribution in [0, 0.1) is 21.4 Å². The first-order chi connectivity index (χ1) is 12.6. The smallest absolute Gasteiger partial charge is 0.267 e. The Morgan fingerprint density at radius 3 is 2.81 bits per heavy atom. The number of carbonyl (C=O) groups excluding carboxylic acids is 1. The van der Waals surface area contributed by atoms with Crippen molar-refractivity contribution in [3.8, 4) is 6.07 Å². The molecule has 1 N–H and O–H groups in total. The highest BCUT2D eigenvalue weighted by molar-refractivity contribution is 6.06. The number of carbonyl (C=O) groups is 1. The lowest BCUT2D eigenvalue weighted by Crippen LogP contribution is -2.20. The van der Waals surface area contributed by atoms with E-state index in [1.165, 1.54) is 29.8 Å². The Morgan fingerprint density at radius 2 is 2.04 bits per heavy atom. The highest BCUT2D eigenvalue weighted by Crippen LogP contribution is 2.21. The second-order valence-corrected chi connectivity index (χ2v) is 5.68. The maximum absolute atomic E-state index is 12.2. The van der Waals surface area contributed by atoms with Crippen LogP contribution in [0.25, 0.3) is 6.08 Å². The molecule has 3 rings (SSSR count). The van der Waals surface area contributed by atoms with Crippen LogP contribution in [0.1, 0.15) is 23.1 Å². The highest BCUT2D eigenvalue weighted by atomic mass is 16.6. The Morgan fingerprint density at radius 1 is 1.23 bits per heavy atom. The van der Waals surface area contributed by atoms with Crippen molar-refractivity contribution >= 4 is 23.4 Å². The largest absolute Gasteiger partial charge is 0.282 e. The number of hydrazone groups is 1. The van der Waals surface area contributed by atoms with E-state index in [1.807, 2.05) is 24.3 Å². The monoisotopic (exact) mass is 346 g/mol. The second-order valence-electron chi connectivity index (χ2n) is 5.68. The van der Waals surface area contributed by atoms with E-state index in [9.17, 15) is 20.2 Å². The van der Waals surface area contributed by atoms with Crippen LogP contribution in [0.3, 0.4) is 0 Å². The summed E-state index contributed by atoms with van der Waals surface area (Å²) in [6.07, 6.45) is 2.88. The van der Waals surface area contributed by atoms with Crippen LogP contribution in [0.15, 0.2) is 59.2 Å². The summed E-state index contributed by atoms with van der Waals surface area (Å²) in [5, 5.41) is 24.2. The summed E-state index contributed by atoms with van der Waals surface area (Å²) >= 11 is 0. The van der Waals surface area contributed by atoms with Crippen molar-refractivity contribution < 1.29 is 9.72 Å². The minimum atomic E-state index is -0.657. The average molecular weight is 346 g/mol. The number of amides is 1. The van der Waals surface area contributed by atoms with Crippen molar-refractivity contribution in [3.05, 3.63) is 80.9 Å². The SMILES string of the molecule is N#C/C(=C\c1cccc([N+](=O)[O-])c1)C(=O)N/N=C1/CCc2ccccc21. The number of nitriles is 1. The summed E-state index contributed by atoms with van der Waals surface area (Å²) in [6, 6.07) is 15.3. The van der Waals surface area contributed by atoms with Crippen LogP contribution in [0.2, 0.25) is 0 Å². The Kier molecular flexibility index (Phi) is 4.85. The lowest BCUT2D eigenvalue weighted by Gasteiger charge is -2.02. The number of nitrogens with zero attached hydrogens (tertiary/aromatic N) is 3. The molecule has 128 valence electrons. The molecule has 1 aliphatic rings. The van der Waals surface area contributed by atoms with Gasteiger partial charge in [-0.3, -0.25) is 14.9 Å². The number of aryl methyl sites for hydroxylation is 1. The van der Waals surface area contributed by atoms with E-state index in [0.29, 0.717) is 5.56 Å². The number of nitro benzene ring substituents is 1. The molecule has 0 heterocycles. The number of benzene rings is 2. The minimum Gasteiger partial charge on any atom is -0.267 e. The molecule has 1 aliphatic carbocycles. The number of hydrogen-bond donors (Lipinski definition) is 1. The van der Waals surface area contributed by atoms with Crippen molar-refractivity contribution in [3.63, 3.8) is 0 Å². The number of rotatable bonds is 4. The van der Waals surface area contributed by atoms with Gasteiger partial charge in [-0.15, -0.1) is 0 Å². The third kappa shape index (κ3) is 3.65. The van der Waals surface area contributed by atoms with Gasteiger partial charge in [0.25, 0.3) is 11.6 Å². The van der Waals surface area contributed by atoms with Gasteiger partial charge in [0.2, 0.25) is 0 Å². The van der Waals surface area contributed by atoms with Crippen molar-refractivity contribution in [2.24, 2.45) is 5.10 Å². The Labute approximate surface area is 149 Å². The second kappa shape index (κ2) is 7.40. The van der Waals surface area contributed by atoms with Gasteiger partial charge in [-0.2, -0.15) is 10.4 Å². The standard InChI is InChI=1S/C19H14N4O3/c20-12-15(10-13-4-3-6-16(11-13)23(25)26)19(24)22-21-18-9-8-14-5-1-2-7-17(14)18/h1-7,10-11H,8-9H2,(H,22,24)/b15-10+,21-18-. The molecule has 0 atom stereocenters. The zero-order chi connectivity index (χ0) is 18.5. The fourth-order valence-electron chi connectivity index (χ4n) is 2.75. The van der Waals surface area contributed by atoms with E-state index in [4.69, 9.17) is 0 Å². The van der Waals surface area contributed by atoms with E-state index in [0.717, 1.165) is 24.1 Å². The number of nitro groups is 1. The maximum atomic E-state index is 12.2. The number of hydrogen-bond acceptors (Lipinski definition) is 5. The molecular weight excluding hydrogens is 332 g/mol. The summed E-state index contributed by atoms with van der Waals surface area (Å²) < 4.78 is 0. The molecule has 7 nitrogen and oxygen atoms in total. The topological polar surface area (TPSA) is 108 Å². The summed E-state index contributed by atoms with van der Waals surface area (Å²) in [6.45, 7) is 0. The van der Waals surface area contributed by atoms with Gasteiger partial charge in [0, 0.05) is 17.7 Å². The van der Waals surface area contributed by atoms with Crippen molar-refractivity contribution in [2.75, 3.05) is 0 Å². The maximum Gasteiger partial charge on any atom is 0.282 e. The molecule has 26 heavy (non-hydrogen) atoms. The van der Waals surface area contributed by atoms with Crippen LogP contribution in [-0.4, -0.2) is 16.5 Å². The molecule has 0 saturated heterocycles. The van der Waals surface area contributed by atoms with Crippen LogP contribution < -0.4 is 5.43 Å².